The van der Waals surface area contributed by atoms with Crippen LogP contribution in [0.25, 0.3) is 0 Å². The van der Waals surface area contributed by atoms with Crippen molar-refractivity contribution in [3.05, 3.63) is 24.3 Å². The largest absolute Gasteiger partial charge is 0.497 e. The first-order valence-electron chi connectivity index (χ1n) is 5.33. The van der Waals surface area contributed by atoms with E-state index in [-0.39, 0.29) is 5.91 Å². The number of aliphatic carboxylic acids is 1. The van der Waals surface area contributed by atoms with E-state index >= 15 is 0 Å². The first-order valence-corrected chi connectivity index (χ1v) is 5.33. The van der Waals surface area contributed by atoms with Crippen molar-refractivity contribution in [1.29, 1.82) is 0 Å². The molecule has 1 heterocycles. The number of carbonyl (C=O) groups excluding carboxylic acids is 1. The lowest BCUT2D eigenvalue weighted by Crippen LogP contribution is -2.69. The van der Waals surface area contributed by atoms with E-state index in [1.807, 2.05) is 0 Å². The highest BCUT2D eigenvalue weighted by molar-refractivity contribution is 6.12. The molecule has 0 spiro atoms. The van der Waals surface area contributed by atoms with Gasteiger partial charge in [-0.2, -0.15) is 0 Å². The van der Waals surface area contributed by atoms with Crippen LogP contribution in [0.5, 0.6) is 5.75 Å². The lowest BCUT2D eigenvalue weighted by Gasteiger charge is -2.43. The Hall–Kier alpha value is -2.08. The van der Waals surface area contributed by atoms with Crippen LogP contribution in [0.15, 0.2) is 24.3 Å². The third kappa shape index (κ3) is 1.80. The zero-order valence-electron chi connectivity index (χ0n) is 9.99. The maximum Gasteiger partial charge on any atom is 0.330 e. The monoisotopic (exact) mass is 251 g/mol. The first-order chi connectivity index (χ1) is 8.60. The minimum atomic E-state index is -1.09. The lowest BCUT2D eigenvalue weighted by molar-refractivity contribution is -0.155. The molecule has 0 aromatic heterocycles. The van der Waals surface area contributed by atoms with Crippen molar-refractivity contribution in [3.8, 4) is 5.75 Å². The van der Waals surface area contributed by atoms with Crippen LogP contribution in [0.2, 0.25) is 0 Å². The number of hydrogen-bond acceptors (Lipinski definition) is 4. The highest BCUT2D eigenvalue weighted by atomic mass is 16.5. The third-order valence-corrected chi connectivity index (χ3v) is 2.90. The Bertz CT molecular complexity index is 470. The Balaban J connectivity index is 2.26. The molecular weight excluding hydrogens is 238 g/mol. The molecule has 0 bridgehead atoms. The van der Waals surface area contributed by atoms with Gasteiger partial charge in [-0.3, -0.25) is 9.69 Å². The molecule has 0 saturated carbocycles. The Labute approximate surface area is 104 Å². The number of rotatable bonds is 4. The van der Waals surface area contributed by atoms with Crippen LogP contribution >= 0.6 is 0 Å². The van der Waals surface area contributed by atoms with Gasteiger partial charge in [-0.25, -0.2) is 4.79 Å². The van der Waals surface area contributed by atoms with Gasteiger partial charge in [0.2, 0.25) is 0 Å². The SMILES string of the molecule is COc1ccc(N2C(=O)[C@H](OC)[C@@H]2C(=O)O)cc1. The van der Waals surface area contributed by atoms with Crippen LogP contribution in [0.3, 0.4) is 0 Å². The summed E-state index contributed by atoms with van der Waals surface area (Å²) in [7, 11) is 2.86. The van der Waals surface area contributed by atoms with E-state index in [4.69, 9.17) is 14.6 Å². The maximum atomic E-state index is 11.8. The number of ether oxygens (including phenoxy) is 2. The highest BCUT2D eigenvalue weighted by Crippen LogP contribution is 2.31. The fourth-order valence-electron chi connectivity index (χ4n) is 1.96. The summed E-state index contributed by atoms with van der Waals surface area (Å²) in [4.78, 5) is 24.1. The van der Waals surface area contributed by atoms with Crippen molar-refractivity contribution >= 4 is 17.6 Å². The van der Waals surface area contributed by atoms with Crippen molar-refractivity contribution in [2.24, 2.45) is 0 Å². The molecule has 1 fully saturated rings. The van der Waals surface area contributed by atoms with Gasteiger partial charge in [0.25, 0.3) is 5.91 Å². The van der Waals surface area contributed by atoms with Gasteiger partial charge in [-0.15, -0.1) is 0 Å². The van der Waals surface area contributed by atoms with Crippen molar-refractivity contribution < 1.29 is 24.2 Å². The molecule has 18 heavy (non-hydrogen) atoms. The van der Waals surface area contributed by atoms with Gasteiger partial charge >= 0.3 is 5.97 Å². The number of hydrogen-bond donors (Lipinski definition) is 1. The predicted molar refractivity (Wildman–Crippen MR) is 62.7 cm³/mol. The first kappa shape index (κ1) is 12.4. The van der Waals surface area contributed by atoms with Crippen LogP contribution in [-0.4, -0.2) is 43.3 Å². The molecule has 0 radical (unpaired) electrons. The van der Waals surface area contributed by atoms with E-state index in [9.17, 15) is 9.59 Å². The van der Waals surface area contributed by atoms with E-state index in [0.717, 1.165) is 0 Å². The number of β-lactam (4-membered cyclic amide) rings is 1. The van der Waals surface area contributed by atoms with Gasteiger partial charge in [0.1, 0.15) is 5.75 Å². The molecule has 0 aliphatic carbocycles. The fraction of sp³-hybridized carbons (Fsp3) is 0.333. The maximum absolute atomic E-state index is 11.8. The van der Waals surface area contributed by atoms with Gasteiger partial charge < -0.3 is 14.6 Å². The molecule has 1 aromatic carbocycles. The molecule has 1 saturated heterocycles. The Morgan fingerprint density at radius 3 is 2.33 bits per heavy atom. The molecule has 6 heteroatoms. The molecule has 6 nitrogen and oxygen atoms in total. The average Bonchev–Trinajstić information content (AvgIpc) is 2.36. The summed E-state index contributed by atoms with van der Waals surface area (Å²) >= 11 is 0. The molecule has 1 N–H and O–H groups in total. The van der Waals surface area contributed by atoms with Gasteiger partial charge in [0.05, 0.1) is 7.11 Å². The van der Waals surface area contributed by atoms with Crippen LogP contribution in [0.1, 0.15) is 0 Å². The molecule has 1 amide bonds. The summed E-state index contributed by atoms with van der Waals surface area (Å²) in [6.45, 7) is 0. The van der Waals surface area contributed by atoms with Crippen molar-refractivity contribution in [3.63, 3.8) is 0 Å². The number of carbonyl (C=O) groups is 2. The number of carboxylic acid groups (broad SMARTS) is 1. The number of amides is 1. The molecule has 1 aromatic rings. The minimum Gasteiger partial charge on any atom is -0.497 e. The number of benzene rings is 1. The second-order valence-corrected chi connectivity index (χ2v) is 3.85. The quantitative estimate of drug-likeness (QED) is 0.789. The molecule has 1 aliphatic heterocycles. The standard InChI is InChI=1S/C12H13NO5/c1-17-8-5-3-7(4-6-8)13-9(12(15)16)10(18-2)11(13)14/h3-6,9-10H,1-2H3,(H,15,16)/t9-,10-/m1/s1. The zero-order chi connectivity index (χ0) is 13.3. The summed E-state index contributed by atoms with van der Waals surface area (Å²) in [6, 6.07) is 5.64. The smallest absolute Gasteiger partial charge is 0.330 e. The van der Waals surface area contributed by atoms with Crippen LogP contribution < -0.4 is 9.64 Å². The summed E-state index contributed by atoms with van der Waals surface area (Å²) in [5, 5.41) is 9.09. The molecule has 1 aliphatic rings. The molecular formula is C12H13NO5. The van der Waals surface area contributed by atoms with E-state index in [1.165, 1.54) is 19.1 Å². The predicted octanol–water partition coefficient (Wildman–Crippen LogP) is 0.510. The van der Waals surface area contributed by atoms with Gasteiger partial charge in [0.15, 0.2) is 12.1 Å². The highest BCUT2D eigenvalue weighted by Gasteiger charge is 2.53. The number of carboxylic acids is 1. The van der Waals surface area contributed by atoms with E-state index in [2.05, 4.69) is 0 Å². The Kier molecular flexibility index (Phi) is 3.20. The number of nitrogens with zero attached hydrogens (tertiary/aromatic N) is 1. The van der Waals surface area contributed by atoms with Crippen molar-refractivity contribution in [2.75, 3.05) is 19.1 Å². The fourth-order valence-corrected chi connectivity index (χ4v) is 1.96. The molecule has 0 unspecified atom stereocenters. The summed E-state index contributed by atoms with van der Waals surface area (Å²) < 4.78 is 9.87. The van der Waals surface area contributed by atoms with Crippen LogP contribution in [0, 0.1) is 0 Å². The number of methoxy groups -OCH3 is 2. The van der Waals surface area contributed by atoms with E-state index in [1.54, 1.807) is 24.3 Å². The topological polar surface area (TPSA) is 76.1 Å². The van der Waals surface area contributed by atoms with Gasteiger partial charge in [-0.1, -0.05) is 0 Å². The molecule has 2 atom stereocenters. The normalized spacial score (nSPS) is 22.6. The van der Waals surface area contributed by atoms with Gasteiger partial charge in [-0.05, 0) is 24.3 Å². The molecule has 2 rings (SSSR count). The Morgan fingerprint density at radius 1 is 1.28 bits per heavy atom. The third-order valence-electron chi connectivity index (χ3n) is 2.90. The van der Waals surface area contributed by atoms with E-state index in [0.29, 0.717) is 11.4 Å². The zero-order valence-corrected chi connectivity index (χ0v) is 9.99. The van der Waals surface area contributed by atoms with Crippen LogP contribution in [0.4, 0.5) is 5.69 Å². The second-order valence-electron chi connectivity index (χ2n) is 3.85. The Morgan fingerprint density at radius 2 is 1.89 bits per heavy atom. The molecule has 96 valence electrons. The summed E-state index contributed by atoms with van der Waals surface area (Å²) in [6.07, 6.45) is -0.912. The summed E-state index contributed by atoms with van der Waals surface area (Å²) in [5.41, 5.74) is 0.515. The number of anilines is 1. The van der Waals surface area contributed by atoms with Crippen molar-refractivity contribution in [1.82, 2.24) is 0 Å². The van der Waals surface area contributed by atoms with Crippen LogP contribution in [-0.2, 0) is 14.3 Å². The van der Waals surface area contributed by atoms with Crippen molar-refractivity contribution in [2.45, 2.75) is 12.1 Å². The average molecular weight is 251 g/mol. The lowest BCUT2D eigenvalue weighted by atomic mass is 9.96. The van der Waals surface area contributed by atoms with Gasteiger partial charge in [0, 0.05) is 12.8 Å². The second kappa shape index (κ2) is 4.66. The van der Waals surface area contributed by atoms with E-state index < -0.39 is 18.1 Å². The minimum absolute atomic E-state index is 0.352. The summed E-state index contributed by atoms with van der Waals surface area (Å²) in [5.74, 6) is -0.797.